The summed E-state index contributed by atoms with van der Waals surface area (Å²) >= 11 is 0. The predicted octanol–water partition coefficient (Wildman–Crippen LogP) is 1.70. The number of benzene rings is 1. The summed E-state index contributed by atoms with van der Waals surface area (Å²) < 4.78 is 0. The second kappa shape index (κ2) is 12.2. The number of rotatable bonds is 8. The van der Waals surface area contributed by atoms with E-state index in [2.05, 4.69) is 10.6 Å². The molecule has 166 valence electrons. The van der Waals surface area contributed by atoms with Gasteiger partial charge in [-0.2, -0.15) is 0 Å². The minimum absolute atomic E-state index is 0.0400. The molecule has 0 saturated carbocycles. The molecule has 0 spiro atoms. The van der Waals surface area contributed by atoms with Crippen LogP contribution < -0.4 is 10.6 Å². The lowest BCUT2D eigenvalue weighted by Gasteiger charge is -2.28. The summed E-state index contributed by atoms with van der Waals surface area (Å²) in [5, 5.41) is 15.3. The molecule has 0 radical (unpaired) electrons. The quantitative estimate of drug-likeness (QED) is 0.596. The van der Waals surface area contributed by atoms with E-state index in [0.29, 0.717) is 13.1 Å². The maximum absolute atomic E-state index is 12.7. The van der Waals surface area contributed by atoms with Crippen LogP contribution in [0.1, 0.15) is 37.7 Å². The molecule has 3 N–H and O–H groups in total. The minimum Gasteiger partial charge on any atom is -0.480 e. The standard InChI is InChI=1S/C22H34N4O4/c1-25(20(27)18-12-8-3-4-9-13-23-18)14-15-26(2)22(30)24-19(21(28)29)16-17-10-6-5-7-11-17/h5-7,10-11,18-19,23H,3-4,8-9,12-16H2,1-2H3,(H,24,30)(H,28,29)/t18?,19-/m0/s1. The van der Waals surface area contributed by atoms with Gasteiger partial charge in [0.05, 0.1) is 6.04 Å². The number of hydrogen-bond acceptors (Lipinski definition) is 4. The van der Waals surface area contributed by atoms with Gasteiger partial charge in [0.2, 0.25) is 5.91 Å². The smallest absolute Gasteiger partial charge is 0.326 e. The van der Waals surface area contributed by atoms with Crippen molar-refractivity contribution < 1.29 is 19.5 Å². The average Bonchev–Trinajstić information content (AvgIpc) is 2.71. The van der Waals surface area contributed by atoms with Crippen LogP contribution in [0.5, 0.6) is 0 Å². The molecule has 2 rings (SSSR count). The summed E-state index contributed by atoms with van der Waals surface area (Å²) in [6.07, 6.45) is 5.53. The first-order valence-electron chi connectivity index (χ1n) is 10.6. The molecular formula is C22H34N4O4. The number of nitrogens with one attached hydrogen (secondary N) is 2. The Morgan fingerprint density at radius 3 is 2.43 bits per heavy atom. The first-order valence-corrected chi connectivity index (χ1v) is 10.6. The van der Waals surface area contributed by atoms with E-state index >= 15 is 0 Å². The van der Waals surface area contributed by atoms with Gasteiger partial charge in [-0.1, -0.05) is 49.6 Å². The highest BCUT2D eigenvalue weighted by Gasteiger charge is 2.24. The van der Waals surface area contributed by atoms with Gasteiger partial charge in [0.1, 0.15) is 6.04 Å². The van der Waals surface area contributed by atoms with Crippen LogP contribution in [0.2, 0.25) is 0 Å². The van der Waals surface area contributed by atoms with E-state index in [9.17, 15) is 19.5 Å². The highest BCUT2D eigenvalue weighted by molar-refractivity contribution is 5.83. The Kier molecular flexibility index (Phi) is 9.60. The molecule has 1 aliphatic heterocycles. The lowest BCUT2D eigenvalue weighted by Crippen LogP contribution is -2.50. The Morgan fingerprint density at radius 1 is 1.07 bits per heavy atom. The van der Waals surface area contributed by atoms with Crippen LogP contribution in [0.3, 0.4) is 0 Å². The van der Waals surface area contributed by atoms with Gasteiger partial charge in [0.15, 0.2) is 0 Å². The van der Waals surface area contributed by atoms with Crippen molar-refractivity contribution in [3.05, 3.63) is 35.9 Å². The molecule has 3 amide bonds. The molecule has 2 atom stereocenters. The minimum atomic E-state index is -1.08. The molecule has 1 unspecified atom stereocenters. The van der Waals surface area contributed by atoms with E-state index in [1.807, 2.05) is 30.3 Å². The predicted molar refractivity (Wildman–Crippen MR) is 115 cm³/mol. The highest BCUT2D eigenvalue weighted by Crippen LogP contribution is 2.11. The molecule has 1 heterocycles. The van der Waals surface area contributed by atoms with Crippen LogP contribution >= 0.6 is 0 Å². The Labute approximate surface area is 178 Å². The third kappa shape index (κ3) is 7.67. The van der Waals surface area contributed by atoms with Gasteiger partial charge in [0, 0.05) is 33.6 Å². The van der Waals surface area contributed by atoms with Crippen molar-refractivity contribution in [1.82, 2.24) is 20.4 Å². The van der Waals surface area contributed by atoms with E-state index in [0.717, 1.165) is 37.8 Å². The van der Waals surface area contributed by atoms with Gasteiger partial charge < -0.3 is 25.5 Å². The van der Waals surface area contributed by atoms with Crippen molar-refractivity contribution in [3.8, 4) is 0 Å². The molecule has 8 heteroatoms. The molecule has 1 aromatic carbocycles. The number of amides is 3. The first kappa shape index (κ1) is 23.7. The van der Waals surface area contributed by atoms with Gasteiger partial charge in [-0.3, -0.25) is 4.79 Å². The summed E-state index contributed by atoms with van der Waals surface area (Å²) in [6, 6.07) is 7.53. The zero-order valence-electron chi connectivity index (χ0n) is 18.0. The number of likely N-dealkylation sites (N-methyl/N-ethyl adjacent to an activating group) is 2. The van der Waals surface area contributed by atoms with Crippen LogP contribution in [0.15, 0.2) is 30.3 Å². The number of nitrogens with zero attached hydrogens (tertiary/aromatic N) is 2. The van der Waals surface area contributed by atoms with E-state index in [1.54, 1.807) is 19.0 Å². The van der Waals surface area contributed by atoms with Crippen LogP contribution in [0, 0.1) is 0 Å². The molecule has 1 aliphatic rings. The molecule has 30 heavy (non-hydrogen) atoms. The Bertz CT molecular complexity index is 690. The largest absolute Gasteiger partial charge is 0.480 e. The number of carboxylic acids is 1. The maximum Gasteiger partial charge on any atom is 0.326 e. The van der Waals surface area contributed by atoms with Crippen molar-refractivity contribution in [3.63, 3.8) is 0 Å². The number of carboxylic acid groups (broad SMARTS) is 1. The van der Waals surface area contributed by atoms with Crippen molar-refractivity contribution >= 4 is 17.9 Å². The first-order chi connectivity index (χ1) is 14.4. The second-order valence-corrected chi connectivity index (χ2v) is 7.92. The maximum atomic E-state index is 12.7. The van der Waals surface area contributed by atoms with E-state index in [4.69, 9.17) is 0 Å². The zero-order chi connectivity index (χ0) is 21.9. The molecule has 0 aliphatic carbocycles. The van der Waals surface area contributed by atoms with Crippen LogP contribution in [-0.4, -0.2) is 78.6 Å². The second-order valence-electron chi connectivity index (χ2n) is 7.92. The summed E-state index contributed by atoms with van der Waals surface area (Å²) in [7, 11) is 3.34. The zero-order valence-corrected chi connectivity index (χ0v) is 18.0. The summed E-state index contributed by atoms with van der Waals surface area (Å²) in [5.74, 6) is -1.04. The Morgan fingerprint density at radius 2 is 1.73 bits per heavy atom. The van der Waals surface area contributed by atoms with Crippen molar-refractivity contribution in [1.29, 1.82) is 0 Å². The third-order valence-corrected chi connectivity index (χ3v) is 5.48. The SMILES string of the molecule is CN(CCN(C)C(=O)C1CCCCCCN1)C(=O)N[C@@H](Cc1ccccc1)C(=O)O. The van der Waals surface area contributed by atoms with E-state index < -0.39 is 18.0 Å². The molecule has 0 aromatic heterocycles. The van der Waals surface area contributed by atoms with E-state index in [-0.39, 0.29) is 18.4 Å². The number of carbonyl (C=O) groups is 3. The van der Waals surface area contributed by atoms with Gasteiger partial charge in [-0.25, -0.2) is 9.59 Å². The van der Waals surface area contributed by atoms with Crippen LogP contribution in [0.25, 0.3) is 0 Å². The third-order valence-electron chi connectivity index (χ3n) is 5.48. The van der Waals surface area contributed by atoms with Crippen LogP contribution in [-0.2, 0) is 16.0 Å². The fraction of sp³-hybridized carbons (Fsp3) is 0.591. The van der Waals surface area contributed by atoms with Crippen molar-refractivity contribution in [2.45, 2.75) is 50.6 Å². The Hall–Kier alpha value is -2.61. The Balaban J connectivity index is 1.81. The van der Waals surface area contributed by atoms with Gasteiger partial charge in [0.25, 0.3) is 0 Å². The van der Waals surface area contributed by atoms with Gasteiger partial charge in [-0.05, 0) is 24.9 Å². The number of urea groups is 1. The number of aliphatic carboxylic acids is 1. The lowest BCUT2D eigenvalue weighted by molar-refractivity contribution is -0.139. The number of carbonyl (C=O) groups excluding carboxylic acids is 2. The molecule has 1 aromatic rings. The van der Waals surface area contributed by atoms with Gasteiger partial charge >= 0.3 is 12.0 Å². The molecule has 1 fully saturated rings. The number of hydrogen-bond donors (Lipinski definition) is 3. The van der Waals surface area contributed by atoms with Crippen molar-refractivity contribution in [2.75, 3.05) is 33.7 Å². The average molecular weight is 419 g/mol. The summed E-state index contributed by atoms with van der Waals surface area (Å²) in [6.45, 7) is 1.56. The molecule has 8 nitrogen and oxygen atoms in total. The summed E-state index contributed by atoms with van der Waals surface area (Å²) in [4.78, 5) is 39.7. The van der Waals surface area contributed by atoms with E-state index in [1.165, 1.54) is 11.3 Å². The van der Waals surface area contributed by atoms with Crippen LogP contribution in [0.4, 0.5) is 4.79 Å². The fourth-order valence-corrected chi connectivity index (χ4v) is 3.50. The monoisotopic (exact) mass is 418 g/mol. The highest BCUT2D eigenvalue weighted by atomic mass is 16.4. The topological polar surface area (TPSA) is 102 Å². The fourth-order valence-electron chi connectivity index (χ4n) is 3.50. The lowest BCUT2D eigenvalue weighted by atomic mass is 10.0. The normalized spacial score (nSPS) is 17.9. The molecular weight excluding hydrogens is 384 g/mol. The van der Waals surface area contributed by atoms with Gasteiger partial charge in [-0.15, -0.1) is 0 Å². The summed E-state index contributed by atoms with van der Waals surface area (Å²) in [5.41, 5.74) is 0.838. The molecule has 1 saturated heterocycles. The van der Waals surface area contributed by atoms with Crippen molar-refractivity contribution in [2.24, 2.45) is 0 Å². The molecule has 0 bridgehead atoms.